The molecule has 3 rings (SSSR count). The molecule has 0 saturated carbocycles. The second-order valence-electron chi connectivity index (χ2n) is 7.86. The van der Waals surface area contributed by atoms with Crippen LogP contribution in [0.3, 0.4) is 0 Å². The highest BCUT2D eigenvalue weighted by Crippen LogP contribution is 2.26. The van der Waals surface area contributed by atoms with Gasteiger partial charge in [0.25, 0.3) is 5.91 Å². The number of carbonyl (C=O) groups excluding carboxylic acids is 2. The summed E-state index contributed by atoms with van der Waals surface area (Å²) >= 11 is 12.2. The lowest BCUT2D eigenvalue weighted by atomic mass is 10.1. The van der Waals surface area contributed by atoms with E-state index in [9.17, 15) is 9.59 Å². The van der Waals surface area contributed by atoms with Crippen molar-refractivity contribution >= 4 is 45.8 Å². The molecule has 2 amide bonds. The molecule has 3 aromatic rings. The van der Waals surface area contributed by atoms with Gasteiger partial charge in [-0.3, -0.25) is 9.59 Å². The van der Waals surface area contributed by atoms with E-state index in [1.165, 1.54) is 4.90 Å². The van der Waals surface area contributed by atoms with Crippen LogP contribution in [-0.2, 0) is 16.1 Å². The summed E-state index contributed by atoms with van der Waals surface area (Å²) in [7, 11) is 0. The number of halogens is 2. The molecule has 0 saturated heterocycles. The number of ether oxygens (including phenoxy) is 1. The topological polar surface area (TPSA) is 58.6 Å². The third kappa shape index (κ3) is 6.62. The van der Waals surface area contributed by atoms with Gasteiger partial charge in [0, 0.05) is 18.5 Å². The molecule has 0 fully saturated rings. The van der Waals surface area contributed by atoms with Gasteiger partial charge in [-0.15, -0.1) is 0 Å². The van der Waals surface area contributed by atoms with E-state index < -0.39 is 6.04 Å². The van der Waals surface area contributed by atoms with Crippen LogP contribution in [0.15, 0.2) is 60.7 Å². The van der Waals surface area contributed by atoms with Crippen LogP contribution in [0, 0.1) is 0 Å². The normalized spacial score (nSPS) is 11.8. The molecule has 7 heteroatoms. The van der Waals surface area contributed by atoms with E-state index >= 15 is 0 Å². The number of benzene rings is 3. The Morgan fingerprint density at radius 3 is 2.55 bits per heavy atom. The van der Waals surface area contributed by atoms with E-state index in [0.717, 1.165) is 29.2 Å². The van der Waals surface area contributed by atoms with E-state index in [1.807, 2.05) is 42.5 Å². The zero-order valence-electron chi connectivity index (χ0n) is 18.8. The van der Waals surface area contributed by atoms with Crippen LogP contribution in [0.25, 0.3) is 10.8 Å². The van der Waals surface area contributed by atoms with Crippen molar-refractivity contribution in [2.45, 2.75) is 39.3 Å². The predicted octanol–water partition coefficient (Wildman–Crippen LogP) is 5.86. The molecule has 0 aliphatic rings. The van der Waals surface area contributed by atoms with Crippen molar-refractivity contribution in [2.75, 3.05) is 13.2 Å². The summed E-state index contributed by atoms with van der Waals surface area (Å²) < 4.78 is 5.90. The highest BCUT2D eigenvalue weighted by molar-refractivity contribution is 6.42. The molecule has 0 bridgehead atoms. The second-order valence-corrected chi connectivity index (χ2v) is 8.67. The first-order valence-electron chi connectivity index (χ1n) is 11.0. The standard InChI is InChI=1S/C26H28Cl2N2O3/c1-3-4-14-29-26(32)18(2)30(16-19-12-13-22(27)23(28)15-19)25(31)17-33-24-11-7-9-20-8-5-6-10-21(20)24/h5-13,15,18H,3-4,14,16-17H2,1-2H3,(H,29,32)/t18-/m1/s1. The Morgan fingerprint density at radius 2 is 1.79 bits per heavy atom. The second kappa shape index (κ2) is 11.9. The van der Waals surface area contributed by atoms with Gasteiger partial charge in [-0.25, -0.2) is 0 Å². The van der Waals surface area contributed by atoms with Crippen LogP contribution < -0.4 is 10.1 Å². The van der Waals surface area contributed by atoms with E-state index in [4.69, 9.17) is 27.9 Å². The molecule has 0 radical (unpaired) electrons. The summed E-state index contributed by atoms with van der Waals surface area (Å²) in [5.74, 6) is 0.116. The largest absolute Gasteiger partial charge is 0.483 e. The van der Waals surface area contributed by atoms with Gasteiger partial charge < -0.3 is 15.0 Å². The van der Waals surface area contributed by atoms with Gasteiger partial charge in [-0.1, -0.05) is 79.0 Å². The number of unbranched alkanes of at least 4 members (excludes halogenated alkanes) is 1. The number of amides is 2. The molecule has 3 aromatic carbocycles. The van der Waals surface area contributed by atoms with E-state index in [0.29, 0.717) is 22.3 Å². The van der Waals surface area contributed by atoms with Crippen LogP contribution in [0.1, 0.15) is 32.3 Å². The Balaban J connectivity index is 1.78. The van der Waals surface area contributed by atoms with Crippen molar-refractivity contribution in [1.29, 1.82) is 0 Å². The predicted molar refractivity (Wildman–Crippen MR) is 134 cm³/mol. The van der Waals surface area contributed by atoms with Crippen molar-refractivity contribution < 1.29 is 14.3 Å². The van der Waals surface area contributed by atoms with Gasteiger partial charge in [0.1, 0.15) is 11.8 Å². The number of hydrogen-bond donors (Lipinski definition) is 1. The number of hydrogen-bond acceptors (Lipinski definition) is 3. The molecular weight excluding hydrogens is 459 g/mol. The summed E-state index contributed by atoms with van der Waals surface area (Å²) in [6.45, 7) is 4.36. The molecule has 0 aromatic heterocycles. The third-order valence-corrected chi connectivity index (χ3v) is 6.17. The Kier molecular flexibility index (Phi) is 8.98. The first kappa shape index (κ1) is 24.9. The lowest BCUT2D eigenvalue weighted by molar-refractivity contribution is -0.142. The van der Waals surface area contributed by atoms with Crippen molar-refractivity contribution in [2.24, 2.45) is 0 Å². The van der Waals surface area contributed by atoms with Crippen molar-refractivity contribution in [3.8, 4) is 5.75 Å². The fourth-order valence-electron chi connectivity index (χ4n) is 3.50. The Labute approximate surface area is 204 Å². The summed E-state index contributed by atoms with van der Waals surface area (Å²) in [4.78, 5) is 27.5. The summed E-state index contributed by atoms with van der Waals surface area (Å²) in [5.41, 5.74) is 0.774. The monoisotopic (exact) mass is 486 g/mol. The Hall–Kier alpha value is -2.76. The molecular formula is C26H28Cl2N2O3. The van der Waals surface area contributed by atoms with Crippen molar-refractivity contribution in [1.82, 2.24) is 10.2 Å². The van der Waals surface area contributed by atoms with Crippen LogP contribution in [0.2, 0.25) is 10.0 Å². The SMILES string of the molecule is CCCCNC(=O)[C@@H](C)N(Cc1ccc(Cl)c(Cl)c1)C(=O)COc1cccc2ccccc12. The van der Waals surface area contributed by atoms with Gasteiger partial charge in [-0.05, 0) is 42.5 Å². The average molecular weight is 487 g/mol. The van der Waals surface area contributed by atoms with Gasteiger partial charge >= 0.3 is 0 Å². The van der Waals surface area contributed by atoms with Gasteiger partial charge in [0.15, 0.2) is 6.61 Å². The highest BCUT2D eigenvalue weighted by atomic mass is 35.5. The number of carbonyl (C=O) groups is 2. The zero-order valence-corrected chi connectivity index (χ0v) is 20.3. The van der Waals surface area contributed by atoms with Gasteiger partial charge in [0.05, 0.1) is 10.0 Å². The Morgan fingerprint density at radius 1 is 1.03 bits per heavy atom. The summed E-state index contributed by atoms with van der Waals surface area (Å²) in [5, 5.41) is 5.68. The minimum atomic E-state index is -0.681. The van der Waals surface area contributed by atoms with Crippen LogP contribution in [-0.4, -0.2) is 35.9 Å². The highest BCUT2D eigenvalue weighted by Gasteiger charge is 2.26. The van der Waals surface area contributed by atoms with E-state index in [-0.39, 0.29) is 25.0 Å². The number of nitrogens with zero attached hydrogens (tertiary/aromatic N) is 1. The molecule has 33 heavy (non-hydrogen) atoms. The maximum Gasteiger partial charge on any atom is 0.261 e. The maximum absolute atomic E-state index is 13.2. The fourth-order valence-corrected chi connectivity index (χ4v) is 3.82. The maximum atomic E-state index is 13.2. The molecule has 5 nitrogen and oxygen atoms in total. The van der Waals surface area contributed by atoms with Crippen molar-refractivity contribution in [3.05, 3.63) is 76.3 Å². The minimum absolute atomic E-state index is 0.193. The molecule has 1 atom stereocenters. The smallest absolute Gasteiger partial charge is 0.261 e. The number of rotatable bonds is 10. The zero-order chi connectivity index (χ0) is 23.8. The lowest BCUT2D eigenvalue weighted by Gasteiger charge is -2.29. The fraction of sp³-hybridized carbons (Fsp3) is 0.308. The number of fused-ring (bicyclic) bond motifs is 1. The number of nitrogens with one attached hydrogen (secondary N) is 1. The molecule has 0 spiro atoms. The summed E-state index contributed by atoms with van der Waals surface area (Å²) in [6.07, 6.45) is 1.85. The van der Waals surface area contributed by atoms with Gasteiger partial charge in [-0.2, -0.15) is 0 Å². The lowest BCUT2D eigenvalue weighted by Crippen LogP contribution is -2.49. The molecule has 1 N–H and O–H groups in total. The summed E-state index contributed by atoms with van der Waals surface area (Å²) in [6, 6.07) is 18.0. The van der Waals surface area contributed by atoms with Crippen LogP contribution >= 0.6 is 23.2 Å². The van der Waals surface area contributed by atoms with Crippen molar-refractivity contribution in [3.63, 3.8) is 0 Å². The molecule has 0 aliphatic carbocycles. The third-order valence-electron chi connectivity index (χ3n) is 5.43. The van der Waals surface area contributed by atoms with Crippen LogP contribution in [0.4, 0.5) is 0 Å². The first-order valence-corrected chi connectivity index (χ1v) is 11.8. The van der Waals surface area contributed by atoms with Gasteiger partial charge in [0.2, 0.25) is 5.91 Å². The molecule has 0 aliphatic heterocycles. The Bertz CT molecular complexity index is 1110. The van der Waals surface area contributed by atoms with Crippen LogP contribution in [0.5, 0.6) is 5.75 Å². The quantitative estimate of drug-likeness (QED) is 0.365. The molecule has 174 valence electrons. The first-order chi connectivity index (χ1) is 15.9. The molecule has 0 heterocycles. The minimum Gasteiger partial charge on any atom is -0.483 e. The van der Waals surface area contributed by atoms with E-state index in [1.54, 1.807) is 25.1 Å². The molecule has 0 unspecified atom stereocenters. The van der Waals surface area contributed by atoms with E-state index in [2.05, 4.69) is 12.2 Å². The average Bonchev–Trinajstić information content (AvgIpc) is 2.82.